The van der Waals surface area contributed by atoms with E-state index in [-0.39, 0.29) is 0 Å². The van der Waals surface area contributed by atoms with Crippen LogP contribution < -0.4 is 0 Å². The van der Waals surface area contributed by atoms with Gasteiger partial charge in [0.1, 0.15) is 0 Å². The average molecular weight is 177 g/mol. The van der Waals surface area contributed by atoms with Crippen LogP contribution in [0, 0.1) is 18.3 Å². The van der Waals surface area contributed by atoms with Crippen LogP contribution in [-0.2, 0) is 6.42 Å². The summed E-state index contributed by atoms with van der Waals surface area (Å²) in [4.78, 5) is 1.01. The maximum atomic E-state index is 8.38. The van der Waals surface area contributed by atoms with Crippen molar-refractivity contribution >= 4 is 12.6 Å². The van der Waals surface area contributed by atoms with Crippen LogP contribution in [0.3, 0.4) is 0 Å². The summed E-state index contributed by atoms with van der Waals surface area (Å²) in [6.07, 6.45) is 1.40. The molecule has 0 unspecified atom stereocenters. The Balaban J connectivity index is 2.77. The van der Waals surface area contributed by atoms with Crippen LogP contribution >= 0.6 is 12.6 Å². The zero-order valence-electron chi connectivity index (χ0n) is 7.04. The van der Waals surface area contributed by atoms with E-state index in [4.69, 9.17) is 5.26 Å². The van der Waals surface area contributed by atoms with Crippen molar-refractivity contribution in [1.29, 1.82) is 5.26 Å². The van der Waals surface area contributed by atoms with Crippen molar-refractivity contribution in [3.05, 3.63) is 29.3 Å². The molecule has 0 aliphatic heterocycles. The first-order valence-corrected chi connectivity index (χ1v) is 4.34. The van der Waals surface area contributed by atoms with E-state index in [1.165, 1.54) is 11.1 Å². The zero-order valence-corrected chi connectivity index (χ0v) is 7.94. The summed E-state index contributed by atoms with van der Waals surface area (Å²) < 4.78 is 0. The van der Waals surface area contributed by atoms with E-state index < -0.39 is 0 Å². The third-order valence-electron chi connectivity index (χ3n) is 1.80. The van der Waals surface area contributed by atoms with Crippen molar-refractivity contribution in [3.63, 3.8) is 0 Å². The van der Waals surface area contributed by atoms with E-state index in [2.05, 4.69) is 18.7 Å². The van der Waals surface area contributed by atoms with Crippen molar-refractivity contribution in [2.24, 2.45) is 0 Å². The summed E-state index contributed by atoms with van der Waals surface area (Å²) in [6, 6.07) is 8.23. The second-order valence-electron chi connectivity index (χ2n) is 2.78. The van der Waals surface area contributed by atoms with Gasteiger partial charge < -0.3 is 0 Å². The second kappa shape index (κ2) is 4.18. The molecule has 0 atom stereocenters. The molecule has 1 aromatic carbocycles. The van der Waals surface area contributed by atoms with Crippen LogP contribution in [0.5, 0.6) is 0 Å². The highest BCUT2D eigenvalue weighted by atomic mass is 32.1. The third-order valence-corrected chi connectivity index (χ3v) is 2.28. The van der Waals surface area contributed by atoms with Crippen molar-refractivity contribution in [3.8, 4) is 6.07 Å². The first-order chi connectivity index (χ1) is 5.74. The Morgan fingerprint density at radius 3 is 2.83 bits per heavy atom. The molecule has 12 heavy (non-hydrogen) atoms. The first kappa shape index (κ1) is 9.15. The van der Waals surface area contributed by atoms with Gasteiger partial charge in [-0.3, -0.25) is 0 Å². The standard InChI is InChI=1S/C10H11NS/c1-8-4-5-9(3-2-6-11)7-10(8)12/h4-5,7,12H,2-3H2,1H3. The maximum absolute atomic E-state index is 8.38. The van der Waals surface area contributed by atoms with Crippen LogP contribution in [-0.4, -0.2) is 0 Å². The normalized spacial score (nSPS) is 9.42. The molecule has 0 saturated carbocycles. The molecule has 2 heteroatoms. The molecule has 0 aromatic heterocycles. The van der Waals surface area contributed by atoms with E-state index in [0.717, 1.165) is 11.3 Å². The fourth-order valence-electron chi connectivity index (χ4n) is 1.01. The van der Waals surface area contributed by atoms with Crippen LogP contribution in [0.2, 0.25) is 0 Å². The van der Waals surface area contributed by atoms with Gasteiger partial charge in [0.25, 0.3) is 0 Å². The second-order valence-corrected chi connectivity index (χ2v) is 3.26. The Bertz CT molecular complexity index is 312. The predicted octanol–water partition coefficient (Wildman–Crippen LogP) is 2.74. The predicted molar refractivity (Wildman–Crippen MR) is 52.4 cm³/mol. The number of nitriles is 1. The van der Waals surface area contributed by atoms with Crippen LogP contribution in [0.4, 0.5) is 0 Å². The highest BCUT2D eigenvalue weighted by Crippen LogP contribution is 2.15. The minimum absolute atomic E-state index is 0.580. The van der Waals surface area contributed by atoms with E-state index in [9.17, 15) is 0 Å². The van der Waals surface area contributed by atoms with Gasteiger partial charge in [0, 0.05) is 11.3 Å². The Hall–Kier alpha value is -0.940. The summed E-state index contributed by atoms with van der Waals surface area (Å²) in [5.41, 5.74) is 2.37. The Labute approximate surface area is 78.4 Å². The topological polar surface area (TPSA) is 23.8 Å². The minimum atomic E-state index is 0.580. The van der Waals surface area contributed by atoms with E-state index >= 15 is 0 Å². The van der Waals surface area contributed by atoms with Gasteiger partial charge >= 0.3 is 0 Å². The van der Waals surface area contributed by atoms with Crippen molar-refractivity contribution < 1.29 is 0 Å². The van der Waals surface area contributed by atoms with Crippen LogP contribution in [0.25, 0.3) is 0 Å². The minimum Gasteiger partial charge on any atom is -0.198 e. The fourth-order valence-corrected chi connectivity index (χ4v) is 1.25. The maximum Gasteiger partial charge on any atom is 0.0625 e. The molecule has 1 aromatic rings. The molecule has 0 aliphatic rings. The van der Waals surface area contributed by atoms with Crippen LogP contribution in [0.1, 0.15) is 17.5 Å². The Morgan fingerprint density at radius 2 is 2.25 bits per heavy atom. The molecule has 62 valence electrons. The van der Waals surface area contributed by atoms with Gasteiger partial charge in [-0.2, -0.15) is 5.26 Å². The lowest BCUT2D eigenvalue weighted by atomic mass is 10.1. The smallest absolute Gasteiger partial charge is 0.0625 e. The molecule has 0 heterocycles. The molecule has 0 N–H and O–H groups in total. The molecule has 0 aliphatic carbocycles. The number of hydrogen-bond donors (Lipinski definition) is 1. The van der Waals surface area contributed by atoms with Gasteiger partial charge in [0.2, 0.25) is 0 Å². The Morgan fingerprint density at radius 1 is 1.50 bits per heavy atom. The highest BCUT2D eigenvalue weighted by Gasteiger charge is 1.95. The first-order valence-electron chi connectivity index (χ1n) is 3.89. The average Bonchev–Trinajstić information content (AvgIpc) is 2.07. The third kappa shape index (κ3) is 2.28. The largest absolute Gasteiger partial charge is 0.198 e. The summed E-state index contributed by atoms with van der Waals surface area (Å²) in [5.74, 6) is 0. The summed E-state index contributed by atoms with van der Waals surface area (Å²) >= 11 is 4.31. The molecule has 0 saturated heterocycles. The van der Waals surface area contributed by atoms with Crippen LogP contribution in [0.15, 0.2) is 23.1 Å². The van der Waals surface area contributed by atoms with E-state index in [1.807, 2.05) is 25.1 Å². The molecule has 0 bridgehead atoms. The molecule has 1 nitrogen and oxygen atoms in total. The lowest BCUT2D eigenvalue weighted by Gasteiger charge is -2.01. The fraction of sp³-hybridized carbons (Fsp3) is 0.300. The quantitative estimate of drug-likeness (QED) is 0.690. The molecular weight excluding hydrogens is 166 g/mol. The number of benzene rings is 1. The summed E-state index contributed by atoms with van der Waals surface area (Å²) in [5, 5.41) is 8.38. The van der Waals surface area contributed by atoms with Gasteiger partial charge in [-0.05, 0) is 30.5 Å². The van der Waals surface area contributed by atoms with Gasteiger partial charge in [-0.15, -0.1) is 12.6 Å². The monoisotopic (exact) mass is 177 g/mol. The van der Waals surface area contributed by atoms with Gasteiger partial charge in [-0.1, -0.05) is 12.1 Å². The van der Waals surface area contributed by atoms with E-state index in [1.54, 1.807) is 0 Å². The number of nitrogens with zero attached hydrogens (tertiary/aromatic N) is 1. The molecule has 0 radical (unpaired) electrons. The lowest BCUT2D eigenvalue weighted by molar-refractivity contribution is 1.00. The van der Waals surface area contributed by atoms with E-state index in [0.29, 0.717) is 6.42 Å². The van der Waals surface area contributed by atoms with Crippen molar-refractivity contribution in [2.75, 3.05) is 0 Å². The molecule has 1 rings (SSSR count). The summed E-state index contributed by atoms with van der Waals surface area (Å²) in [7, 11) is 0. The van der Waals surface area contributed by atoms with Gasteiger partial charge in [0.05, 0.1) is 6.07 Å². The van der Waals surface area contributed by atoms with Gasteiger partial charge in [-0.25, -0.2) is 0 Å². The zero-order chi connectivity index (χ0) is 8.97. The molecule has 0 fully saturated rings. The lowest BCUT2D eigenvalue weighted by Crippen LogP contribution is -1.85. The summed E-state index contributed by atoms with van der Waals surface area (Å²) in [6.45, 7) is 2.02. The number of thiol groups is 1. The van der Waals surface area contributed by atoms with Gasteiger partial charge in [0.15, 0.2) is 0 Å². The van der Waals surface area contributed by atoms with Crippen molar-refractivity contribution in [1.82, 2.24) is 0 Å². The highest BCUT2D eigenvalue weighted by molar-refractivity contribution is 7.80. The molecule has 0 spiro atoms. The van der Waals surface area contributed by atoms with Crippen molar-refractivity contribution in [2.45, 2.75) is 24.7 Å². The SMILES string of the molecule is Cc1ccc(CCC#N)cc1S. The number of aryl methyl sites for hydroxylation is 2. The Kier molecular flexibility index (Phi) is 3.19. The number of rotatable bonds is 2. The number of hydrogen-bond acceptors (Lipinski definition) is 2. The molecule has 0 amide bonds. The molecular formula is C10H11NS.